The molecule has 2 aliphatic rings. The van der Waals surface area contributed by atoms with Crippen LogP contribution in [0.5, 0.6) is 0 Å². The second-order valence-corrected chi connectivity index (χ2v) is 4.78. The molecule has 0 aliphatic carbocycles. The van der Waals surface area contributed by atoms with E-state index in [0.717, 1.165) is 6.42 Å². The second kappa shape index (κ2) is 5.15. The molecule has 2 rings (SSSR count). The van der Waals surface area contributed by atoms with Gasteiger partial charge in [0, 0.05) is 18.6 Å². The molecule has 0 aromatic carbocycles. The first-order valence-corrected chi connectivity index (χ1v) is 6.39. The van der Waals surface area contributed by atoms with Crippen molar-refractivity contribution in [3.63, 3.8) is 0 Å². The molecule has 0 aromatic heterocycles. The lowest BCUT2D eigenvalue weighted by Gasteiger charge is -2.24. The molecule has 2 heterocycles. The van der Waals surface area contributed by atoms with E-state index in [1.807, 2.05) is 13.8 Å². The molecule has 4 heteroatoms. The smallest absolute Gasteiger partial charge is 0.322 e. The Kier molecular flexibility index (Phi) is 3.82. The maximum Gasteiger partial charge on any atom is 0.322 e. The van der Waals surface area contributed by atoms with Crippen LogP contribution in [0.15, 0.2) is 0 Å². The van der Waals surface area contributed by atoms with Gasteiger partial charge in [-0.15, -0.1) is 0 Å². The van der Waals surface area contributed by atoms with Crippen molar-refractivity contribution in [3.8, 4) is 0 Å². The topological polar surface area (TPSA) is 41.6 Å². The van der Waals surface area contributed by atoms with Crippen LogP contribution in [0.25, 0.3) is 0 Å². The third-order valence-electron chi connectivity index (χ3n) is 3.71. The predicted octanol–water partition coefficient (Wildman–Crippen LogP) is 0.764. The van der Waals surface area contributed by atoms with Crippen molar-refractivity contribution in [3.05, 3.63) is 0 Å². The number of nitrogens with one attached hydrogen (secondary N) is 1. The van der Waals surface area contributed by atoms with Crippen molar-refractivity contribution >= 4 is 5.97 Å². The molecule has 0 aromatic rings. The maximum absolute atomic E-state index is 11.5. The van der Waals surface area contributed by atoms with Crippen LogP contribution in [0, 0.1) is 0 Å². The van der Waals surface area contributed by atoms with Gasteiger partial charge in [-0.25, -0.2) is 0 Å². The van der Waals surface area contributed by atoms with Gasteiger partial charge in [0.25, 0.3) is 0 Å². The third kappa shape index (κ3) is 2.38. The minimum atomic E-state index is -0.175. The van der Waals surface area contributed by atoms with Gasteiger partial charge in [-0.1, -0.05) is 0 Å². The van der Waals surface area contributed by atoms with E-state index >= 15 is 0 Å². The van der Waals surface area contributed by atoms with Gasteiger partial charge < -0.3 is 10.1 Å². The summed E-state index contributed by atoms with van der Waals surface area (Å²) in [6, 6.07) is 0.948. The summed E-state index contributed by atoms with van der Waals surface area (Å²) in [6.45, 7) is 6.62. The molecule has 3 atom stereocenters. The van der Waals surface area contributed by atoms with Crippen molar-refractivity contribution in [1.82, 2.24) is 10.2 Å². The summed E-state index contributed by atoms with van der Waals surface area (Å²) in [5, 5.41) is 3.42. The molecule has 92 valence electrons. The van der Waals surface area contributed by atoms with E-state index in [2.05, 4.69) is 10.2 Å². The summed E-state index contributed by atoms with van der Waals surface area (Å²) < 4.78 is 5.01. The lowest BCUT2D eigenvalue weighted by atomic mass is 10.1. The normalized spacial score (nSPS) is 31.4. The SMILES string of the molecule is CCOC(=O)C(C)NC1CCN2CCCC12. The molecule has 16 heavy (non-hydrogen) atoms. The van der Waals surface area contributed by atoms with E-state index in [9.17, 15) is 4.79 Å². The first kappa shape index (κ1) is 11.9. The molecule has 2 fully saturated rings. The van der Waals surface area contributed by atoms with E-state index in [-0.39, 0.29) is 12.0 Å². The zero-order valence-electron chi connectivity index (χ0n) is 10.2. The number of hydrogen-bond donors (Lipinski definition) is 1. The molecule has 2 aliphatic heterocycles. The highest BCUT2D eigenvalue weighted by Gasteiger charge is 2.38. The van der Waals surface area contributed by atoms with Crippen molar-refractivity contribution in [2.75, 3.05) is 19.7 Å². The van der Waals surface area contributed by atoms with Crippen LogP contribution in [0.2, 0.25) is 0 Å². The Labute approximate surface area is 97.3 Å². The monoisotopic (exact) mass is 226 g/mol. The average molecular weight is 226 g/mol. The van der Waals surface area contributed by atoms with Crippen LogP contribution in [-0.2, 0) is 9.53 Å². The van der Waals surface area contributed by atoms with E-state index in [1.54, 1.807) is 0 Å². The maximum atomic E-state index is 11.5. The van der Waals surface area contributed by atoms with Crippen LogP contribution in [0.4, 0.5) is 0 Å². The van der Waals surface area contributed by atoms with Crippen molar-refractivity contribution in [1.29, 1.82) is 0 Å². The number of carbonyl (C=O) groups excluding carboxylic acids is 1. The molecule has 4 nitrogen and oxygen atoms in total. The average Bonchev–Trinajstić information content (AvgIpc) is 2.83. The van der Waals surface area contributed by atoms with Gasteiger partial charge >= 0.3 is 5.97 Å². The summed E-state index contributed by atoms with van der Waals surface area (Å²) in [5.74, 6) is -0.126. The molecular formula is C12H22N2O2. The van der Waals surface area contributed by atoms with Crippen LogP contribution in [-0.4, -0.2) is 48.7 Å². The van der Waals surface area contributed by atoms with Crippen LogP contribution >= 0.6 is 0 Å². The fourth-order valence-electron chi connectivity index (χ4n) is 2.93. The number of hydrogen-bond acceptors (Lipinski definition) is 4. The largest absolute Gasteiger partial charge is 0.465 e. The number of ether oxygens (including phenoxy) is 1. The Morgan fingerprint density at radius 3 is 3.06 bits per heavy atom. The Hall–Kier alpha value is -0.610. The quantitative estimate of drug-likeness (QED) is 0.719. The molecule has 0 amide bonds. The van der Waals surface area contributed by atoms with E-state index < -0.39 is 0 Å². The van der Waals surface area contributed by atoms with Crippen molar-refractivity contribution < 1.29 is 9.53 Å². The highest BCUT2D eigenvalue weighted by molar-refractivity contribution is 5.75. The van der Waals surface area contributed by atoms with E-state index in [0.29, 0.717) is 18.7 Å². The Balaban J connectivity index is 1.83. The Morgan fingerprint density at radius 1 is 1.50 bits per heavy atom. The number of nitrogens with zero attached hydrogens (tertiary/aromatic N) is 1. The van der Waals surface area contributed by atoms with Gasteiger partial charge in [0.2, 0.25) is 0 Å². The van der Waals surface area contributed by atoms with Gasteiger partial charge in [-0.3, -0.25) is 9.69 Å². The number of esters is 1. The predicted molar refractivity (Wildman–Crippen MR) is 62.2 cm³/mol. The molecule has 0 radical (unpaired) electrons. The zero-order valence-corrected chi connectivity index (χ0v) is 10.2. The summed E-state index contributed by atoms with van der Waals surface area (Å²) in [7, 11) is 0. The zero-order chi connectivity index (χ0) is 11.5. The fourth-order valence-corrected chi connectivity index (χ4v) is 2.93. The molecule has 3 unspecified atom stereocenters. The lowest BCUT2D eigenvalue weighted by Crippen LogP contribution is -2.47. The van der Waals surface area contributed by atoms with Crippen molar-refractivity contribution in [2.45, 2.75) is 51.2 Å². The molecular weight excluding hydrogens is 204 g/mol. The number of carbonyl (C=O) groups is 1. The van der Waals surface area contributed by atoms with E-state index in [1.165, 1.54) is 25.9 Å². The molecule has 2 saturated heterocycles. The fraction of sp³-hybridized carbons (Fsp3) is 0.917. The van der Waals surface area contributed by atoms with Crippen LogP contribution in [0.3, 0.4) is 0 Å². The summed E-state index contributed by atoms with van der Waals surface area (Å²) in [6.07, 6.45) is 3.73. The van der Waals surface area contributed by atoms with Gasteiger partial charge in [-0.05, 0) is 39.7 Å². The minimum Gasteiger partial charge on any atom is -0.465 e. The second-order valence-electron chi connectivity index (χ2n) is 4.78. The number of fused-ring (bicyclic) bond motifs is 1. The van der Waals surface area contributed by atoms with Crippen LogP contribution < -0.4 is 5.32 Å². The first-order valence-electron chi connectivity index (χ1n) is 6.39. The van der Waals surface area contributed by atoms with Gasteiger partial charge in [0.15, 0.2) is 0 Å². The number of rotatable bonds is 4. The lowest BCUT2D eigenvalue weighted by molar-refractivity contribution is -0.145. The van der Waals surface area contributed by atoms with Gasteiger partial charge in [0.05, 0.1) is 6.61 Å². The highest BCUT2D eigenvalue weighted by Crippen LogP contribution is 2.28. The van der Waals surface area contributed by atoms with Crippen LogP contribution in [0.1, 0.15) is 33.1 Å². The van der Waals surface area contributed by atoms with Gasteiger partial charge in [-0.2, -0.15) is 0 Å². The molecule has 0 saturated carbocycles. The summed E-state index contributed by atoms with van der Waals surface area (Å²) >= 11 is 0. The summed E-state index contributed by atoms with van der Waals surface area (Å²) in [5.41, 5.74) is 0. The highest BCUT2D eigenvalue weighted by atomic mass is 16.5. The molecule has 0 spiro atoms. The minimum absolute atomic E-state index is 0.126. The first-order chi connectivity index (χ1) is 7.72. The van der Waals surface area contributed by atoms with Crippen molar-refractivity contribution in [2.24, 2.45) is 0 Å². The molecule has 0 bridgehead atoms. The molecule has 1 N–H and O–H groups in total. The summed E-state index contributed by atoms with van der Waals surface area (Å²) in [4.78, 5) is 14.1. The Bertz CT molecular complexity index is 257. The van der Waals surface area contributed by atoms with Gasteiger partial charge in [0.1, 0.15) is 6.04 Å². The third-order valence-corrected chi connectivity index (χ3v) is 3.71. The van der Waals surface area contributed by atoms with E-state index in [4.69, 9.17) is 4.74 Å². The Morgan fingerprint density at radius 2 is 2.31 bits per heavy atom. The standard InChI is InChI=1S/C12H22N2O2/c1-3-16-12(15)9(2)13-10-6-8-14-7-4-5-11(10)14/h9-11,13H,3-8H2,1-2H3.